The van der Waals surface area contributed by atoms with E-state index in [0.29, 0.717) is 6.42 Å². The first kappa shape index (κ1) is 13.4. The smallest absolute Gasteiger partial charge is 0.325 e. The number of hydrogen-bond acceptors (Lipinski definition) is 5. The van der Waals surface area contributed by atoms with Crippen molar-refractivity contribution < 1.29 is 23.9 Å². The van der Waals surface area contributed by atoms with Crippen molar-refractivity contribution in [2.45, 2.75) is 19.3 Å². The first-order valence-corrected chi connectivity index (χ1v) is 4.50. The van der Waals surface area contributed by atoms with Crippen molar-refractivity contribution in [1.29, 1.82) is 0 Å². The number of amides is 1. The SMILES string of the molecule is COC(=O)CCCC(=O)NCC(=O)OC. The number of ether oxygens (including phenoxy) is 2. The molecule has 86 valence electrons. The van der Waals surface area contributed by atoms with Crippen LogP contribution in [0.3, 0.4) is 0 Å². The predicted octanol–water partition coefficient (Wildman–Crippen LogP) is -0.381. The van der Waals surface area contributed by atoms with Crippen LogP contribution in [-0.2, 0) is 23.9 Å². The molecule has 6 heteroatoms. The molecular weight excluding hydrogens is 202 g/mol. The van der Waals surface area contributed by atoms with Gasteiger partial charge in [0.1, 0.15) is 6.54 Å². The van der Waals surface area contributed by atoms with E-state index >= 15 is 0 Å². The fourth-order valence-electron chi connectivity index (χ4n) is 0.827. The highest BCUT2D eigenvalue weighted by Crippen LogP contribution is 1.96. The van der Waals surface area contributed by atoms with E-state index in [-0.39, 0.29) is 31.3 Å². The zero-order valence-corrected chi connectivity index (χ0v) is 8.87. The molecule has 0 saturated carbocycles. The third-order valence-corrected chi connectivity index (χ3v) is 1.67. The molecule has 0 saturated heterocycles. The number of hydrogen-bond donors (Lipinski definition) is 1. The topological polar surface area (TPSA) is 81.7 Å². The molecule has 6 nitrogen and oxygen atoms in total. The first-order chi connectivity index (χ1) is 7.10. The Kier molecular flexibility index (Phi) is 6.96. The lowest BCUT2D eigenvalue weighted by molar-refractivity contribution is -0.142. The summed E-state index contributed by atoms with van der Waals surface area (Å²) in [4.78, 5) is 32.4. The van der Waals surface area contributed by atoms with Crippen molar-refractivity contribution in [3.63, 3.8) is 0 Å². The molecule has 0 aromatic heterocycles. The Bertz CT molecular complexity index is 239. The molecule has 0 aromatic rings. The Morgan fingerprint density at radius 3 is 2.13 bits per heavy atom. The van der Waals surface area contributed by atoms with Gasteiger partial charge < -0.3 is 14.8 Å². The molecular formula is C9H15NO5. The van der Waals surface area contributed by atoms with Crippen LogP contribution >= 0.6 is 0 Å². The van der Waals surface area contributed by atoms with E-state index in [0.717, 1.165) is 0 Å². The van der Waals surface area contributed by atoms with E-state index in [9.17, 15) is 14.4 Å². The largest absolute Gasteiger partial charge is 0.469 e. The summed E-state index contributed by atoms with van der Waals surface area (Å²) >= 11 is 0. The third-order valence-electron chi connectivity index (χ3n) is 1.67. The Morgan fingerprint density at radius 1 is 1.00 bits per heavy atom. The van der Waals surface area contributed by atoms with Crippen molar-refractivity contribution in [2.75, 3.05) is 20.8 Å². The van der Waals surface area contributed by atoms with Crippen LogP contribution in [0.15, 0.2) is 0 Å². The lowest BCUT2D eigenvalue weighted by atomic mass is 10.2. The monoisotopic (exact) mass is 217 g/mol. The summed E-state index contributed by atoms with van der Waals surface area (Å²) in [5.74, 6) is -1.14. The molecule has 0 aliphatic rings. The van der Waals surface area contributed by atoms with Crippen molar-refractivity contribution in [1.82, 2.24) is 5.32 Å². The molecule has 1 N–H and O–H groups in total. The van der Waals surface area contributed by atoms with Crippen LogP contribution in [-0.4, -0.2) is 38.6 Å². The van der Waals surface area contributed by atoms with Crippen molar-refractivity contribution in [3.05, 3.63) is 0 Å². The minimum Gasteiger partial charge on any atom is -0.469 e. The molecule has 0 aromatic carbocycles. The van der Waals surface area contributed by atoms with Crippen LogP contribution in [0.5, 0.6) is 0 Å². The van der Waals surface area contributed by atoms with Crippen molar-refractivity contribution in [3.8, 4) is 0 Å². The van der Waals surface area contributed by atoms with Crippen LogP contribution in [0.4, 0.5) is 0 Å². The van der Waals surface area contributed by atoms with E-state index in [2.05, 4.69) is 14.8 Å². The highest BCUT2D eigenvalue weighted by Gasteiger charge is 2.06. The van der Waals surface area contributed by atoms with Gasteiger partial charge in [0.2, 0.25) is 5.91 Å². The lowest BCUT2D eigenvalue weighted by Gasteiger charge is -2.03. The van der Waals surface area contributed by atoms with Crippen molar-refractivity contribution >= 4 is 17.8 Å². The minimum atomic E-state index is -0.503. The standard InChI is InChI=1S/C9H15NO5/c1-14-8(12)5-3-4-7(11)10-6-9(13)15-2/h3-6H2,1-2H3,(H,10,11). The molecule has 0 rings (SSSR count). The average Bonchev–Trinajstić information content (AvgIpc) is 2.25. The van der Waals surface area contributed by atoms with E-state index < -0.39 is 5.97 Å². The Morgan fingerprint density at radius 2 is 1.60 bits per heavy atom. The number of esters is 2. The molecule has 0 unspecified atom stereocenters. The van der Waals surface area contributed by atoms with Gasteiger partial charge in [0, 0.05) is 12.8 Å². The second-order valence-electron chi connectivity index (χ2n) is 2.78. The van der Waals surface area contributed by atoms with E-state index in [1.165, 1.54) is 14.2 Å². The number of rotatable bonds is 6. The average molecular weight is 217 g/mol. The van der Waals surface area contributed by atoms with Gasteiger partial charge in [-0.05, 0) is 6.42 Å². The molecule has 0 aliphatic carbocycles. The van der Waals surface area contributed by atoms with Crippen molar-refractivity contribution in [2.24, 2.45) is 0 Å². The van der Waals surface area contributed by atoms with Gasteiger partial charge in [0.05, 0.1) is 14.2 Å². The van der Waals surface area contributed by atoms with Gasteiger partial charge in [-0.15, -0.1) is 0 Å². The van der Waals surface area contributed by atoms with E-state index in [4.69, 9.17) is 0 Å². The van der Waals surface area contributed by atoms with E-state index in [1.807, 2.05) is 0 Å². The maximum Gasteiger partial charge on any atom is 0.325 e. The van der Waals surface area contributed by atoms with Crippen LogP contribution in [0.1, 0.15) is 19.3 Å². The number of methoxy groups -OCH3 is 2. The van der Waals surface area contributed by atoms with Gasteiger partial charge in [0.15, 0.2) is 0 Å². The minimum absolute atomic E-state index is 0.145. The summed E-state index contributed by atoms with van der Waals surface area (Å²) in [6.07, 6.45) is 0.786. The Hall–Kier alpha value is -1.59. The zero-order chi connectivity index (χ0) is 11.7. The number of carbonyl (C=O) groups is 3. The lowest BCUT2D eigenvalue weighted by Crippen LogP contribution is -2.29. The van der Waals surface area contributed by atoms with Gasteiger partial charge in [-0.2, -0.15) is 0 Å². The van der Waals surface area contributed by atoms with Crippen LogP contribution in [0.2, 0.25) is 0 Å². The Balaban J connectivity index is 3.49. The number of nitrogens with one attached hydrogen (secondary N) is 1. The molecule has 0 fully saturated rings. The molecule has 0 radical (unpaired) electrons. The number of carbonyl (C=O) groups excluding carboxylic acids is 3. The fraction of sp³-hybridized carbons (Fsp3) is 0.667. The second-order valence-corrected chi connectivity index (χ2v) is 2.78. The van der Waals surface area contributed by atoms with Gasteiger partial charge in [-0.3, -0.25) is 14.4 Å². The second kappa shape index (κ2) is 7.78. The van der Waals surface area contributed by atoms with Crippen LogP contribution < -0.4 is 5.32 Å². The van der Waals surface area contributed by atoms with E-state index in [1.54, 1.807) is 0 Å². The van der Waals surface area contributed by atoms with Gasteiger partial charge >= 0.3 is 11.9 Å². The maximum atomic E-state index is 11.1. The summed E-state index contributed by atoms with van der Waals surface area (Å²) in [7, 11) is 2.53. The highest BCUT2D eigenvalue weighted by atomic mass is 16.5. The van der Waals surface area contributed by atoms with Gasteiger partial charge in [-0.1, -0.05) is 0 Å². The van der Waals surface area contributed by atoms with Crippen LogP contribution in [0.25, 0.3) is 0 Å². The molecule has 0 aliphatic heterocycles. The summed E-state index contributed by atoms with van der Waals surface area (Å²) in [5, 5.41) is 2.36. The Labute approximate surface area is 87.9 Å². The van der Waals surface area contributed by atoms with Gasteiger partial charge in [-0.25, -0.2) is 0 Å². The van der Waals surface area contributed by atoms with Crippen LogP contribution in [0, 0.1) is 0 Å². The first-order valence-electron chi connectivity index (χ1n) is 4.50. The molecule has 1 amide bonds. The molecule has 0 spiro atoms. The quantitative estimate of drug-likeness (QED) is 0.613. The fourth-order valence-corrected chi connectivity index (χ4v) is 0.827. The van der Waals surface area contributed by atoms with Gasteiger partial charge in [0.25, 0.3) is 0 Å². The summed E-state index contributed by atoms with van der Waals surface area (Å²) in [5.41, 5.74) is 0. The summed E-state index contributed by atoms with van der Waals surface area (Å²) < 4.78 is 8.74. The molecule has 0 bridgehead atoms. The maximum absolute atomic E-state index is 11.1. The summed E-state index contributed by atoms with van der Waals surface area (Å²) in [6, 6.07) is 0. The molecule has 0 heterocycles. The zero-order valence-electron chi connectivity index (χ0n) is 8.87. The highest BCUT2D eigenvalue weighted by molar-refractivity contribution is 5.82. The summed E-state index contributed by atoms with van der Waals surface area (Å²) in [6.45, 7) is -0.145. The third kappa shape index (κ3) is 7.48. The predicted molar refractivity (Wildman–Crippen MR) is 50.9 cm³/mol. The molecule has 0 atom stereocenters. The normalized spacial score (nSPS) is 9.20. The molecule has 15 heavy (non-hydrogen) atoms.